The van der Waals surface area contributed by atoms with E-state index in [0.717, 1.165) is 18.0 Å². The van der Waals surface area contributed by atoms with Crippen molar-refractivity contribution in [1.29, 1.82) is 0 Å². The summed E-state index contributed by atoms with van der Waals surface area (Å²) in [5.41, 5.74) is 7.60. The Morgan fingerprint density at radius 2 is 1.85 bits per heavy atom. The number of hydrogen-bond acceptors (Lipinski definition) is 3. The summed E-state index contributed by atoms with van der Waals surface area (Å²) in [4.78, 5) is 2.40. The first-order valence-electron chi connectivity index (χ1n) is 7.27. The Morgan fingerprint density at radius 1 is 1.25 bits per heavy atom. The first kappa shape index (κ1) is 17.4. The average molecular weight is 299 g/mol. The molecule has 1 rings (SSSR count). The summed E-state index contributed by atoms with van der Waals surface area (Å²) in [5.74, 6) is 0. The van der Waals surface area contributed by atoms with E-state index < -0.39 is 0 Å². The van der Waals surface area contributed by atoms with Crippen molar-refractivity contribution in [2.45, 2.75) is 45.3 Å². The largest absolute Gasteiger partial charge is 0.383 e. The maximum absolute atomic E-state index is 6.38. The fourth-order valence-corrected chi connectivity index (χ4v) is 2.61. The highest BCUT2D eigenvalue weighted by molar-refractivity contribution is 6.30. The van der Waals surface area contributed by atoms with Crippen molar-refractivity contribution < 1.29 is 4.74 Å². The number of benzene rings is 1. The summed E-state index contributed by atoms with van der Waals surface area (Å²) in [6.45, 7) is 8.10. The van der Waals surface area contributed by atoms with Crippen LogP contribution < -0.4 is 5.73 Å². The molecule has 0 saturated heterocycles. The molecule has 4 heteroatoms. The van der Waals surface area contributed by atoms with E-state index in [1.165, 1.54) is 5.56 Å². The van der Waals surface area contributed by atoms with Crippen molar-refractivity contribution >= 4 is 11.6 Å². The monoisotopic (exact) mass is 298 g/mol. The minimum atomic E-state index is 0.0930. The second kappa shape index (κ2) is 8.63. The molecule has 0 heterocycles. The smallest absolute Gasteiger partial charge is 0.0590 e. The Kier molecular flexibility index (Phi) is 7.52. The van der Waals surface area contributed by atoms with Gasteiger partial charge in [-0.05, 0) is 38.0 Å². The third-order valence-electron chi connectivity index (χ3n) is 3.66. The number of nitrogens with two attached hydrogens (primary N) is 1. The van der Waals surface area contributed by atoms with E-state index in [9.17, 15) is 0 Å². The fourth-order valence-electron chi connectivity index (χ4n) is 2.48. The van der Waals surface area contributed by atoms with Gasteiger partial charge in [-0.2, -0.15) is 0 Å². The standard InChI is InChI=1S/C16H27ClN2O/c1-5-15(18)16(13-6-8-14(17)9-7-13)19(12(2)3)10-11-20-4/h6-9,12,15-16H,5,10-11,18H2,1-4H3. The SMILES string of the molecule is CCC(N)C(c1ccc(Cl)cc1)N(CCOC)C(C)C. The lowest BCUT2D eigenvalue weighted by molar-refractivity contribution is 0.0831. The van der Waals surface area contributed by atoms with E-state index in [4.69, 9.17) is 22.1 Å². The third-order valence-corrected chi connectivity index (χ3v) is 3.91. The van der Waals surface area contributed by atoms with Crippen molar-refractivity contribution in [3.8, 4) is 0 Å². The van der Waals surface area contributed by atoms with E-state index in [-0.39, 0.29) is 12.1 Å². The van der Waals surface area contributed by atoms with Crippen LogP contribution in [0.2, 0.25) is 5.02 Å². The molecule has 0 radical (unpaired) electrons. The van der Waals surface area contributed by atoms with Crippen LogP contribution in [0, 0.1) is 0 Å². The van der Waals surface area contributed by atoms with Crippen LogP contribution in [-0.2, 0) is 4.74 Å². The first-order chi connectivity index (χ1) is 9.51. The van der Waals surface area contributed by atoms with Gasteiger partial charge in [0.2, 0.25) is 0 Å². The van der Waals surface area contributed by atoms with Gasteiger partial charge in [0.1, 0.15) is 0 Å². The van der Waals surface area contributed by atoms with Crippen LogP contribution in [0.5, 0.6) is 0 Å². The van der Waals surface area contributed by atoms with E-state index in [2.05, 4.69) is 37.8 Å². The molecule has 2 atom stereocenters. The highest BCUT2D eigenvalue weighted by atomic mass is 35.5. The highest BCUT2D eigenvalue weighted by Gasteiger charge is 2.27. The van der Waals surface area contributed by atoms with E-state index >= 15 is 0 Å². The van der Waals surface area contributed by atoms with Crippen molar-refractivity contribution in [2.75, 3.05) is 20.3 Å². The van der Waals surface area contributed by atoms with Crippen LogP contribution in [0.4, 0.5) is 0 Å². The molecule has 0 saturated carbocycles. The Balaban J connectivity index is 3.05. The molecular weight excluding hydrogens is 272 g/mol. The molecule has 0 aromatic heterocycles. The Bertz CT molecular complexity index is 381. The highest BCUT2D eigenvalue weighted by Crippen LogP contribution is 2.28. The van der Waals surface area contributed by atoms with E-state index in [0.29, 0.717) is 12.6 Å². The molecule has 2 unspecified atom stereocenters. The van der Waals surface area contributed by atoms with Crippen molar-refractivity contribution in [3.63, 3.8) is 0 Å². The van der Waals surface area contributed by atoms with Gasteiger partial charge in [-0.1, -0.05) is 30.7 Å². The van der Waals surface area contributed by atoms with E-state index in [1.807, 2.05) is 12.1 Å². The summed E-state index contributed by atoms with van der Waals surface area (Å²) < 4.78 is 5.24. The fraction of sp³-hybridized carbons (Fsp3) is 0.625. The molecule has 0 fully saturated rings. The average Bonchev–Trinajstić information content (AvgIpc) is 2.43. The third kappa shape index (κ3) is 4.74. The maximum Gasteiger partial charge on any atom is 0.0590 e. The first-order valence-corrected chi connectivity index (χ1v) is 7.64. The summed E-state index contributed by atoms with van der Waals surface area (Å²) in [5, 5.41) is 0.755. The van der Waals surface area contributed by atoms with Gasteiger partial charge in [-0.25, -0.2) is 0 Å². The predicted octanol–water partition coefficient (Wildman–Crippen LogP) is 3.48. The normalized spacial score (nSPS) is 14.8. The van der Waals surface area contributed by atoms with Crippen LogP contribution in [0.15, 0.2) is 24.3 Å². The zero-order valence-corrected chi connectivity index (χ0v) is 13.7. The lowest BCUT2D eigenvalue weighted by Gasteiger charge is -2.38. The minimum absolute atomic E-state index is 0.0930. The second-order valence-electron chi connectivity index (χ2n) is 5.39. The Morgan fingerprint density at radius 3 is 2.30 bits per heavy atom. The molecule has 3 nitrogen and oxygen atoms in total. The molecule has 0 aliphatic carbocycles. The van der Waals surface area contributed by atoms with E-state index in [1.54, 1.807) is 7.11 Å². The second-order valence-corrected chi connectivity index (χ2v) is 5.83. The Hall–Kier alpha value is -0.610. The van der Waals surface area contributed by atoms with Crippen molar-refractivity contribution in [1.82, 2.24) is 4.90 Å². The number of ether oxygens (including phenoxy) is 1. The van der Waals surface area contributed by atoms with Gasteiger partial charge in [0, 0.05) is 30.8 Å². The summed E-state index contributed by atoms with van der Waals surface area (Å²) >= 11 is 5.99. The van der Waals surface area contributed by atoms with Gasteiger partial charge in [0.05, 0.1) is 12.6 Å². The van der Waals surface area contributed by atoms with Gasteiger partial charge in [0.15, 0.2) is 0 Å². The molecule has 114 valence electrons. The van der Waals surface area contributed by atoms with Crippen LogP contribution in [0.3, 0.4) is 0 Å². The summed E-state index contributed by atoms with van der Waals surface area (Å²) in [7, 11) is 1.73. The topological polar surface area (TPSA) is 38.5 Å². The molecule has 0 aliphatic rings. The number of rotatable bonds is 8. The van der Waals surface area contributed by atoms with Gasteiger partial charge in [-0.3, -0.25) is 4.90 Å². The number of methoxy groups -OCH3 is 1. The molecule has 1 aromatic rings. The molecular formula is C16H27ClN2O. The molecule has 20 heavy (non-hydrogen) atoms. The van der Waals surface area contributed by atoms with Crippen molar-refractivity contribution in [3.05, 3.63) is 34.9 Å². The lowest BCUT2D eigenvalue weighted by Crippen LogP contribution is -2.45. The predicted molar refractivity (Wildman–Crippen MR) is 86.2 cm³/mol. The number of nitrogens with zero attached hydrogens (tertiary/aromatic N) is 1. The van der Waals surface area contributed by atoms with Gasteiger partial charge >= 0.3 is 0 Å². The van der Waals surface area contributed by atoms with Crippen LogP contribution in [-0.4, -0.2) is 37.2 Å². The van der Waals surface area contributed by atoms with Crippen LogP contribution >= 0.6 is 11.6 Å². The summed E-state index contributed by atoms with van der Waals surface area (Å²) in [6.07, 6.45) is 0.934. The number of halogens is 1. The molecule has 0 spiro atoms. The van der Waals surface area contributed by atoms with Crippen molar-refractivity contribution in [2.24, 2.45) is 5.73 Å². The van der Waals surface area contributed by atoms with Gasteiger partial charge < -0.3 is 10.5 Å². The Labute approximate surface area is 128 Å². The zero-order valence-electron chi connectivity index (χ0n) is 13.0. The quantitative estimate of drug-likeness (QED) is 0.798. The van der Waals surface area contributed by atoms with Crippen LogP contribution in [0.25, 0.3) is 0 Å². The molecule has 0 amide bonds. The lowest BCUT2D eigenvalue weighted by atomic mass is 9.95. The van der Waals surface area contributed by atoms with Crippen LogP contribution in [0.1, 0.15) is 38.8 Å². The molecule has 0 bridgehead atoms. The zero-order chi connectivity index (χ0) is 15.1. The number of hydrogen-bond donors (Lipinski definition) is 1. The van der Waals surface area contributed by atoms with Gasteiger partial charge in [0.25, 0.3) is 0 Å². The summed E-state index contributed by atoms with van der Waals surface area (Å²) in [6, 6.07) is 8.70. The van der Waals surface area contributed by atoms with Gasteiger partial charge in [-0.15, -0.1) is 0 Å². The maximum atomic E-state index is 6.38. The minimum Gasteiger partial charge on any atom is -0.383 e. The molecule has 1 aromatic carbocycles. The molecule has 2 N–H and O–H groups in total. The molecule has 0 aliphatic heterocycles.